The average Bonchev–Trinajstić information content (AvgIpc) is 2.39. The number of Topliss-reactive ketones (excluding diaryl/α,β-unsaturated/α-hetero) is 1. The molecule has 0 aliphatic carbocycles. The third-order valence-electron chi connectivity index (χ3n) is 3.52. The van der Waals surface area contributed by atoms with Gasteiger partial charge in [-0.1, -0.05) is 13.8 Å². The molecule has 0 aliphatic heterocycles. The fourth-order valence-electron chi connectivity index (χ4n) is 2.37. The lowest BCUT2D eigenvalue weighted by Crippen LogP contribution is -2.30. The van der Waals surface area contributed by atoms with Gasteiger partial charge in [0.2, 0.25) is 6.04 Å². The van der Waals surface area contributed by atoms with Crippen LogP contribution in [0.25, 0.3) is 0 Å². The lowest BCUT2D eigenvalue weighted by atomic mass is 9.87. The van der Waals surface area contributed by atoms with Crippen LogP contribution in [-0.4, -0.2) is 32.7 Å². The van der Waals surface area contributed by atoms with Gasteiger partial charge in [-0.3, -0.25) is 29.8 Å². The third-order valence-corrected chi connectivity index (χ3v) is 3.52. The first kappa shape index (κ1) is 20.7. The Kier molecular flexibility index (Phi) is 8.67. The summed E-state index contributed by atoms with van der Waals surface area (Å²) < 4.78 is 0. The summed E-state index contributed by atoms with van der Waals surface area (Å²) in [4.78, 5) is 42.2. The Morgan fingerprint density at radius 1 is 1.22 bits per heavy atom. The van der Waals surface area contributed by atoms with Crippen LogP contribution in [0.1, 0.15) is 46.5 Å². The van der Waals surface area contributed by atoms with Gasteiger partial charge in [0.15, 0.2) is 0 Å². The minimum absolute atomic E-state index is 0.108. The van der Waals surface area contributed by atoms with Gasteiger partial charge in [0.05, 0.1) is 11.3 Å². The van der Waals surface area contributed by atoms with E-state index in [9.17, 15) is 29.8 Å². The van der Waals surface area contributed by atoms with Crippen molar-refractivity contribution >= 4 is 11.8 Å². The van der Waals surface area contributed by atoms with Crippen molar-refractivity contribution in [2.24, 2.45) is 11.8 Å². The van der Waals surface area contributed by atoms with E-state index in [0.717, 1.165) is 0 Å². The normalized spacial score (nSPS) is 15.5. The number of carbonyl (C=O) groups is 2. The topological polar surface area (TPSA) is 141 Å². The second kappa shape index (κ2) is 9.65. The van der Waals surface area contributed by atoms with Crippen molar-refractivity contribution in [1.29, 1.82) is 0 Å². The number of nitrogens with zero attached hydrogens (tertiary/aromatic N) is 2. The van der Waals surface area contributed by atoms with Crippen LogP contribution in [0.4, 0.5) is 0 Å². The predicted molar refractivity (Wildman–Crippen MR) is 81.0 cm³/mol. The SMILES string of the molecule is CC(=O)CC(C(C)CC(C)C/C=C(/CC(=O)O)[N+](=O)[O-])[N+](=O)[O-]. The van der Waals surface area contributed by atoms with Gasteiger partial charge in [-0.05, 0) is 31.8 Å². The van der Waals surface area contributed by atoms with E-state index in [4.69, 9.17) is 5.11 Å². The number of carboxylic acids is 1. The first-order valence-corrected chi connectivity index (χ1v) is 7.22. The minimum Gasteiger partial charge on any atom is -0.481 e. The highest BCUT2D eigenvalue weighted by Gasteiger charge is 2.30. The van der Waals surface area contributed by atoms with Crippen LogP contribution in [0.2, 0.25) is 0 Å². The maximum absolute atomic E-state index is 11.1. The van der Waals surface area contributed by atoms with Crippen LogP contribution in [0.5, 0.6) is 0 Å². The number of hydrogen-bond acceptors (Lipinski definition) is 6. The van der Waals surface area contributed by atoms with E-state index >= 15 is 0 Å². The molecule has 1 N–H and O–H groups in total. The zero-order valence-electron chi connectivity index (χ0n) is 13.4. The number of hydrogen-bond donors (Lipinski definition) is 1. The molecule has 0 saturated carbocycles. The molecule has 0 fully saturated rings. The first-order valence-electron chi connectivity index (χ1n) is 7.22. The van der Waals surface area contributed by atoms with Crippen LogP contribution >= 0.6 is 0 Å². The van der Waals surface area contributed by atoms with Crippen LogP contribution in [0.3, 0.4) is 0 Å². The van der Waals surface area contributed by atoms with Crippen LogP contribution in [0.15, 0.2) is 11.8 Å². The van der Waals surface area contributed by atoms with Crippen LogP contribution in [-0.2, 0) is 9.59 Å². The van der Waals surface area contributed by atoms with Gasteiger partial charge >= 0.3 is 5.97 Å². The Hall–Kier alpha value is -2.32. The predicted octanol–water partition coefficient (Wildman–Crippen LogP) is 2.30. The smallest absolute Gasteiger partial charge is 0.314 e. The Bertz CT molecular complexity index is 501. The standard InChI is InChI=1S/C14H22N2O7/c1-9(4-5-12(15(20)21)8-14(18)19)6-10(2)13(16(22)23)7-11(3)17/h5,9-10,13H,4,6-8H2,1-3H3,(H,18,19)/b12-5-. The van der Waals surface area contributed by atoms with Crippen molar-refractivity contribution in [2.45, 2.75) is 52.5 Å². The lowest BCUT2D eigenvalue weighted by molar-refractivity contribution is -0.530. The molecule has 0 saturated heterocycles. The summed E-state index contributed by atoms with van der Waals surface area (Å²) in [6.45, 7) is 4.74. The first-order chi connectivity index (χ1) is 10.5. The number of nitro groups is 2. The number of ketones is 1. The van der Waals surface area contributed by atoms with Crippen molar-refractivity contribution in [2.75, 3.05) is 0 Å². The Balaban J connectivity index is 4.75. The van der Waals surface area contributed by atoms with Gasteiger partial charge < -0.3 is 5.11 Å². The van der Waals surface area contributed by atoms with Crippen molar-refractivity contribution in [3.05, 3.63) is 32.0 Å². The molecule has 0 rings (SSSR count). The zero-order chi connectivity index (χ0) is 18.2. The summed E-state index contributed by atoms with van der Waals surface area (Å²) >= 11 is 0. The van der Waals surface area contributed by atoms with Crippen molar-refractivity contribution in [1.82, 2.24) is 0 Å². The van der Waals surface area contributed by atoms with E-state index in [1.807, 2.05) is 0 Å². The highest BCUT2D eigenvalue weighted by Crippen LogP contribution is 2.23. The van der Waals surface area contributed by atoms with Crippen molar-refractivity contribution in [3.63, 3.8) is 0 Å². The number of carboxylic acid groups (broad SMARTS) is 1. The quantitative estimate of drug-likeness (QED) is 0.452. The molecule has 0 aromatic heterocycles. The Morgan fingerprint density at radius 3 is 2.17 bits per heavy atom. The molecule has 0 bridgehead atoms. The maximum atomic E-state index is 11.1. The Labute approximate surface area is 133 Å². The van der Waals surface area contributed by atoms with E-state index in [1.165, 1.54) is 13.0 Å². The molecule has 0 spiro atoms. The highest BCUT2D eigenvalue weighted by molar-refractivity contribution is 5.75. The monoisotopic (exact) mass is 330 g/mol. The molecule has 0 heterocycles. The van der Waals surface area contributed by atoms with E-state index in [2.05, 4.69) is 0 Å². The van der Waals surface area contributed by atoms with Crippen molar-refractivity contribution in [3.8, 4) is 0 Å². The third kappa shape index (κ3) is 8.64. The molecule has 0 aromatic rings. The second-order valence-corrected chi connectivity index (χ2v) is 5.84. The maximum Gasteiger partial charge on any atom is 0.314 e. The van der Waals surface area contributed by atoms with Gasteiger partial charge in [0, 0.05) is 10.8 Å². The largest absolute Gasteiger partial charge is 0.481 e. The highest BCUT2D eigenvalue weighted by atomic mass is 16.6. The van der Waals surface area contributed by atoms with Crippen LogP contribution < -0.4 is 0 Å². The van der Waals surface area contributed by atoms with E-state index < -0.39 is 34.0 Å². The summed E-state index contributed by atoms with van der Waals surface area (Å²) in [5.74, 6) is -2.02. The molecule has 0 aliphatic rings. The van der Waals surface area contributed by atoms with Crippen molar-refractivity contribution < 1.29 is 24.5 Å². The van der Waals surface area contributed by atoms with Gasteiger partial charge in [-0.25, -0.2) is 0 Å². The molecule has 0 radical (unpaired) electrons. The van der Waals surface area contributed by atoms with Gasteiger partial charge in [0.25, 0.3) is 5.70 Å². The molecule has 0 amide bonds. The number of aliphatic carboxylic acids is 1. The minimum atomic E-state index is -1.29. The number of rotatable bonds is 11. The summed E-state index contributed by atoms with van der Waals surface area (Å²) in [7, 11) is 0. The lowest BCUT2D eigenvalue weighted by Gasteiger charge is -2.19. The fourth-order valence-corrected chi connectivity index (χ4v) is 2.37. The van der Waals surface area contributed by atoms with E-state index in [-0.39, 0.29) is 30.5 Å². The van der Waals surface area contributed by atoms with E-state index in [1.54, 1.807) is 13.8 Å². The number of carbonyl (C=O) groups excluding carboxylic acids is 1. The zero-order valence-corrected chi connectivity index (χ0v) is 13.4. The summed E-state index contributed by atoms with van der Waals surface area (Å²) in [5, 5.41) is 30.4. The molecule has 9 nitrogen and oxygen atoms in total. The molecule has 3 atom stereocenters. The van der Waals surface area contributed by atoms with E-state index in [0.29, 0.717) is 6.42 Å². The number of allylic oxidation sites excluding steroid dienone is 1. The molecule has 9 heteroatoms. The molecule has 130 valence electrons. The van der Waals surface area contributed by atoms with Crippen LogP contribution in [0, 0.1) is 32.1 Å². The molecule has 0 aromatic carbocycles. The summed E-state index contributed by atoms with van der Waals surface area (Å²) in [5.41, 5.74) is -0.397. The Morgan fingerprint density at radius 2 is 1.78 bits per heavy atom. The summed E-state index contributed by atoms with van der Waals surface area (Å²) in [6.07, 6.45) is 1.09. The molecule has 3 unspecified atom stereocenters. The average molecular weight is 330 g/mol. The molecular formula is C14H22N2O7. The van der Waals surface area contributed by atoms with Gasteiger partial charge in [-0.2, -0.15) is 0 Å². The van der Waals surface area contributed by atoms with Gasteiger partial charge in [0.1, 0.15) is 12.2 Å². The fraction of sp³-hybridized carbons (Fsp3) is 0.714. The molecule has 23 heavy (non-hydrogen) atoms. The van der Waals surface area contributed by atoms with Gasteiger partial charge in [-0.15, -0.1) is 0 Å². The molecular weight excluding hydrogens is 308 g/mol. The summed E-state index contributed by atoms with van der Waals surface area (Å²) in [6, 6.07) is -0.979. The second-order valence-electron chi connectivity index (χ2n) is 5.84.